The van der Waals surface area contributed by atoms with Crippen LogP contribution in [0.4, 0.5) is 0 Å². The maximum Gasteiger partial charge on any atom is 0.0556 e. The molecular weight excluding hydrogens is 154 g/mol. The van der Waals surface area contributed by atoms with Gasteiger partial charge >= 0.3 is 0 Å². The molecule has 0 bridgehead atoms. The second-order valence-corrected chi connectivity index (χ2v) is 3.74. The van der Waals surface area contributed by atoms with Crippen molar-refractivity contribution in [2.24, 2.45) is 5.92 Å². The van der Waals surface area contributed by atoms with Crippen LogP contribution in [-0.4, -0.2) is 17.7 Å². The SMILES string of the molecule is CC(C)C1NCCS1.Cl. The molecule has 1 aliphatic heterocycles. The first-order valence-electron chi connectivity index (χ1n) is 3.15. The predicted octanol–water partition coefficient (Wildman–Crippen LogP) is 1.73. The number of halogens is 1. The normalized spacial score (nSPS) is 26.3. The van der Waals surface area contributed by atoms with Gasteiger partial charge in [0.05, 0.1) is 5.37 Å². The fourth-order valence-corrected chi connectivity index (χ4v) is 1.98. The molecule has 1 heterocycles. The molecule has 1 nitrogen and oxygen atoms in total. The standard InChI is InChI=1S/C6H13NS.ClH/c1-5(2)6-7-3-4-8-6;/h5-7H,3-4H2,1-2H3;1H. The highest BCUT2D eigenvalue weighted by molar-refractivity contribution is 8.00. The molecule has 1 saturated heterocycles. The Morgan fingerprint density at radius 2 is 2.22 bits per heavy atom. The summed E-state index contributed by atoms with van der Waals surface area (Å²) in [5.74, 6) is 2.09. The highest BCUT2D eigenvalue weighted by Gasteiger charge is 2.16. The third-order valence-electron chi connectivity index (χ3n) is 1.35. The van der Waals surface area contributed by atoms with Gasteiger partial charge in [-0.05, 0) is 5.92 Å². The van der Waals surface area contributed by atoms with E-state index in [1.165, 1.54) is 12.3 Å². The molecule has 0 saturated carbocycles. The van der Waals surface area contributed by atoms with Crippen LogP contribution in [0.25, 0.3) is 0 Å². The summed E-state index contributed by atoms with van der Waals surface area (Å²) in [6, 6.07) is 0. The van der Waals surface area contributed by atoms with Crippen LogP contribution in [0.5, 0.6) is 0 Å². The first-order chi connectivity index (χ1) is 3.80. The maximum atomic E-state index is 3.42. The number of rotatable bonds is 1. The summed E-state index contributed by atoms with van der Waals surface area (Å²) >= 11 is 2.04. The molecule has 1 rings (SSSR count). The molecule has 1 unspecified atom stereocenters. The minimum Gasteiger partial charge on any atom is -0.304 e. The van der Waals surface area contributed by atoms with Crippen molar-refractivity contribution in [1.29, 1.82) is 0 Å². The van der Waals surface area contributed by atoms with Gasteiger partial charge in [0.1, 0.15) is 0 Å². The largest absolute Gasteiger partial charge is 0.304 e. The molecular formula is C6H14ClNS. The van der Waals surface area contributed by atoms with E-state index >= 15 is 0 Å². The fourth-order valence-electron chi connectivity index (χ4n) is 0.874. The first-order valence-corrected chi connectivity index (χ1v) is 4.20. The summed E-state index contributed by atoms with van der Waals surface area (Å²) in [6.07, 6.45) is 0. The molecule has 0 spiro atoms. The third kappa shape index (κ3) is 2.78. The van der Waals surface area contributed by atoms with Gasteiger partial charge in [-0.2, -0.15) is 0 Å². The monoisotopic (exact) mass is 167 g/mol. The average molecular weight is 168 g/mol. The summed E-state index contributed by atoms with van der Waals surface area (Å²) in [7, 11) is 0. The van der Waals surface area contributed by atoms with E-state index in [1.807, 2.05) is 11.8 Å². The van der Waals surface area contributed by atoms with E-state index in [9.17, 15) is 0 Å². The molecule has 0 aromatic heterocycles. The summed E-state index contributed by atoms with van der Waals surface area (Å²) in [4.78, 5) is 0. The fraction of sp³-hybridized carbons (Fsp3) is 1.00. The Morgan fingerprint density at radius 1 is 1.56 bits per heavy atom. The number of thioether (sulfide) groups is 1. The lowest BCUT2D eigenvalue weighted by atomic mass is 10.2. The zero-order chi connectivity index (χ0) is 5.98. The second-order valence-electron chi connectivity index (χ2n) is 2.49. The summed E-state index contributed by atoms with van der Waals surface area (Å²) < 4.78 is 0. The Labute approximate surface area is 67.4 Å². The summed E-state index contributed by atoms with van der Waals surface area (Å²) in [6.45, 7) is 5.72. The lowest BCUT2D eigenvalue weighted by molar-refractivity contribution is 0.545. The van der Waals surface area contributed by atoms with Gasteiger partial charge in [-0.3, -0.25) is 0 Å². The van der Waals surface area contributed by atoms with Crippen molar-refractivity contribution in [3.05, 3.63) is 0 Å². The molecule has 0 aromatic rings. The van der Waals surface area contributed by atoms with Crippen LogP contribution < -0.4 is 5.32 Å². The maximum absolute atomic E-state index is 3.42. The van der Waals surface area contributed by atoms with E-state index in [0.717, 1.165) is 11.3 Å². The van der Waals surface area contributed by atoms with E-state index < -0.39 is 0 Å². The molecule has 1 atom stereocenters. The van der Waals surface area contributed by atoms with Crippen LogP contribution in [0.2, 0.25) is 0 Å². The van der Waals surface area contributed by atoms with E-state index in [0.29, 0.717) is 0 Å². The summed E-state index contributed by atoms with van der Waals surface area (Å²) in [5, 5.41) is 4.15. The Morgan fingerprint density at radius 3 is 2.44 bits per heavy atom. The van der Waals surface area contributed by atoms with Crippen molar-refractivity contribution in [2.75, 3.05) is 12.3 Å². The smallest absolute Gasteiger partial charge is 0.0556 e. The third-order valence-corrected chi connectivity index (χ3v) is 2.86. The van der Waals surface area contributed by atoms with Gasteiger partial charge in [0, 0.05) is 12.3 Å². The van der Waals surface area contributed by atoms with Gasteiger partial charge in [-0.15, -0.1) is 24.2 Å². The Hall–Kier alpha value is 0.600. The zero-order valence-electron chi connectivity index (χ0n) is 5.89. The first kappa shape index (κ1) is 9.60. The molecule has 0 amide bonds. The Kier molecular flexibility index (Phi) is 4.72. The number of nitrogens with one attached hydrogen (secondary N) is 1. The van der Waals surface area contributed by atoms with Crippen LogP contribution in [0.3, 0.4) is 0 Å². The molecule has 1 N–H and O–H groups in total. The van der Waals surface area contributed by atoms with Crippen molar-refractivity contribution in [2.45, 2.75) is 19.2 Å². The molecule has 1 fully saturated rings. The van der Waals surface area contributed by atoms with Crippen molar-refractivity contribution in [3.8, 4) is 0 Å². The number of hydrogen-bond donors (Lipinski definition) is 1. The Balaban J connectivity index is 0.000000640. The van der Waals surface area contributed by atoms with E-state index in [4.69, 9.17) is 0 Å². The highest BCUT2D eigenvalue weighted by Crippen LogP contribution is 2.20. The van der Waals surface area contributed by atoms with Gasteiger partial charge in [-0.25, -0.2) is 0 Å². The van der Waals surface area contributed by atoms with Gasteiger partial charge in [0.25, 0.3) is 0 Å². The molecule has 1 aliphatic rings. The Bertz CT molecular complexity index is 71.5. The van der Waals surface area contributed by atoms with Gasteiger partial charge in [-0.1, -0.05) is 13.8 Å². The van der Waals surface area contributed by atoms with Crippen LogP contribution in [0.1, 0.15) is 13.8 Å². The van der Waals surface area contributed by atoms with Crippen LogP contribution in [0.15, 0.2) is 0 Å². The topological polar surface area (TPSA) is 12.0 Å². The van der Waals surface area contributed by atoms with Crippen molar-refractivity contribution >= 4 is 24.2 Å². The van der Waals surface area contributed by atoms with Crippen LogP contribution >= 0.6 is 24.2 Å². The quantitative estimate of drug-likeness (QED) is 0.639. The van der Waals surface area contributed by atoms with Crippen LogP contribution in [-0.2, 0) is 0 Å². The van der Waals surface area contributed by atoms with E-state index in [1.54, 1.807) is 0 Å². The molecule has 9 heavy (non-hydrogen) atoms. The second kappa shape index (κ2) is 4.42. The highest BCUT2D eigenvalue weighted by atomic mass is 35.5. The lowest BCUT2D eigenvalue weighted by Crippen LogP contribution is -2.24. The van der Waals surface area contributed by atoms with Crippen LogP contribution in [0, 0.1) is 5.92 Å². The molecule has 3 heteroatoms. The van der Waals surface area contributed by atoms with E-state index in [-0.39, 0.29) is 12.4 Å². The molecule has 56 valence electrons. The van der Waals surface area contributed by atoms with Gasteiger partial charge in [0.2, 0.25) is 0 Å². The van der Waals surface area contributed by atoms with Crippen molar-refractivity contribution in [3.63, 3.8) is 0 Å². The van der Waals surface area contributed by atoms with Crippen molar-refractivity contribution < 1.29 is 0 Å². The molecule has 0 radical (unpaired) electrons. The predicted molar refractivity (Wildman–Crippen MR) is 46.3 cm³/mol. The van der Waals surface area contributed by atoms with E-state index in [2.05, 4.69) is 19.2 Å². The van der Waals surface area contributed by atoms with Gasteiger partial charge < -0.3 is 5.32 Å². The van der Waals surface area contributed by atoms with Gasteiger partial charge in [0.15, 0.2) is 0 Å². The molecule has 0 aliphatic carbocycles. The minimum atomic E-state index is 0. The minimum absolute atomic E-state index is 0. The number of hydrogen-bond acceptors (Lipinski definition) is 2. The average Bonchev–Trinajstić information content (AvgIpc) is 2.12. The van der Waals surface area contributed by atoms with Crippen molar-refractivity contribution in [1.82, 2.24) is 5.32 Å². The molecule has 0 aromatic carbocycles. The zero-order valence-corrected chi connectivity index (χ0v) is 7.52. The lowest BCUT2D eigenvalue weighted by Gasteiger charge is -2.11. The summed E-state index contributed by atoms with van der Waals surface area (Å²) in [5.41, 5.74) is 0.